The molecule has 1 aromatic heterocycles. The van der Waals surface area contributed by atoms with Crippen molar-refractivity contribution in [1.82, 2.24) is 25.5 Å². The van der Waals surface area contributed by atoms with Gasteiger partial charge in [0.2, 0.25) is 0 Å². The fraction of sp³-hybridized carbons (Fsp3) is 0.462. The van der Waals surface area contributed by atoms with Gasteiger partial charge in [0.1, 0.15) is 5.82 Å². The summed E-state index contributed by atoms with van der Waals surface area (Å²) >= 11 is 6.06. The molecule has 0 saturated heterocycles. The Balaban J connectivity index is 2.24. The average molecular weight is 298 g/mol. The molecule has 0 fully saturated rings. The van der Waals surface area contributed by atoms with Crippen molar-refractivity contribution in [2.45, 2.75) is 25.8 Å². The molecule has 0 aliphatic carbocycles. The molecule has 1 atom stereocenters. The van der Waals surface area contributed by atoms with Gasteiger partial charge in [-0.15, -0.1) is 10.2 Å². The zero-order valence-electron chi connectivity index (χ0n) is 11.5. The third-order valence-electron chi connectivity index (χ3n) is 2.93. The average Bonchev–Trinajstić information content (AvgIpc) is 2.83. The van der Waals surface area contributed by atoms with Crippen molar-refractivity contribution in [3.8, 4) is 0 Å². The Morgan fingerprint density at radius 1 is 1.45 bits per heavy atom. The van der Waals surface area contributed by atoms with E-state index in [1.54, 1.807) is 13.1 Å². The Hall–Kier alpha value is -1.53. The van der Waals surface area contributed by atoms with E-state index < -0.39 is 5.82 Å². The van der Waals surface area contributed by atoms with Crippen LogP contribution in [0.5, 0.6) is 0 Å². The molecule has 1 unspecified atom stereocenters. The van der Waals surface area contributed by atoms with Crippen LogP contribution in [0.25, 0.3) is 0 Å². The van der Waals surface area contributed by atoms with Gasteiger partial charge in [0, 0.05) is 12.5 Å². The van der Waals surface area contributed by atoms with Gasteiger partial charge in [0.05, 0.1) is 12.1 Å². The van der Waals surface area contributed by atoms with Crippen molar-refractivity contribution in [3.63, 3.8) is 0 Å². The standard InChI is InChI=1S/C13H17ClFN5/c1-3-7-16-11(8-12-17-19-20(2)18-12)9-5-4-6-10(15)13(9)14/h4-6,11,16H,3,7-8H2,1-2H3. The SMILES string of the molecule is CCCNC(Cc1nnn(C)n1)c1cccc(F)c1Cl. The molecule has 20 heavy (non-hydrogen) atoms. The van der Waals surface area contributed by atoms with E-state index in [0.29, 0.717) is 17.8 Å². The molecule has 1 heterocycles. The van der Waals surface area contributed by atoms with Gasteiger partial charge in [-0.05, 0) is 29.8 Å². The van der Waals surface area contributed by atoms with E-state index in [4.69, 9.17) is 11.6 Å². The largest absolute Gasteiger partial charge is 0.310 e. The van der Waals surface area contributed by atoms with Gasteiger partial charge in [0.15, 0.2) is 5.82 Å². The van der Waals surface area contributed by atoms with E-state index in [1.807, 2.05) is 6.07 Å². The number of benzene rings is 1. The van der Waals surface area contributed by atoms with E-state index in [0.717, 1.165) is 13.0 Å². The number of rotatable bonds is 6. The van der Waals surface area contributed by atoms with Crippen LogP contribution in [0.2, 0.25) is 5.02 Å². The van der Waals surface area contributed by atoms with E-state index in [-0.39, 0.29) is 11.1 Å². The van der Waals surface area contributed by atoms with Crippen molar-refractivity contribution in [2.75, 3.05) is 6.54 Å². The maximum absolute atomic E-state index is 13.6. The number of nitrogens with one attached hydrogen (secondary N) is 1. The van der Waals surface area contributed by atoms with E-state index in [9.17, 15) is 4.39 Å². The minimum absolute atomic E-state index is 0.137. The number of hydrogen-bond donors (Lipinski definition) is 1. The molecular formula is C13H17ClFN5. The van der Waals surface area contributed by atoms with E-state index in [2.05, 4.69) is 27.7 Å². The summed E-state index contributed by atoms with van der Waals surface area (Å²) in [6.07, 6.45) is 1.48. The van der Waals surface area contributed by atoms with E-state index in [1.165, 1.54) is 10.9 Å². The lowest BCUT2D eigenvalue weighted by atomic mass is 10.0. The van der Waals surface area contributed by atoms with Crippen molar-refractivity contribution < 1.29 is 4.39 Å². The van der Waals surface area contributed by atoms with Gasteiger partial charge in [-0.1, -0.05) is 30.7 Å². The molecule has 0 amide bonds. The van der Waals surface area contributed by atoms with E-state index >= 15 is 0 Å². The van der Waals surface area contributed by atoms with Crippen LogP contribution >= 0.6 is 11.6 Å². The lowest BCUT2D eigenvalue weighted by molar-refractivity contribution is 0.513. The Bertz CT molecular complexity index is 572. The summed E-state index contributed by atoms with van der Waals surface area (Å²) in [5.74, 6) is 0.181. The first-order chi connectivity index (χ1) is 9.61. The van der Waals surface area contributed by atoms with Gasteiger partial charge in [-0.25, -0.2) is 4.39 Å². The highest BCUT2D eigenvalue weighted by Crippen LogP contribution is 2.27. The summed E-state index contributed by atoms with van der Waals surface area (Å²) in [7, 11) is 1.71. The highest BCUT2D eigenvalue weighted by Gasteiger charge is 2.19. The highest BCUT2D eigenvalue weighted by molar-refractivity contribution is 6.31. The predicted octanol–water partition coefficient (Wildman–Crippen LogP) is 2.29. The van der Waals surface area contributed by atoms with Crippen LogP contribution < -0.4 is 5.32 Å². The molecule has 0 spiro atoms. The molecule has 5 nitrogen and oxygen atoms in total. The van der Waals surface area contributed by atoms with Crippen LogP contribution in [0, 0.1) is 5.82 Å². The van der Waals surface area contributed by atoms with Crippen LogP contribution in [0.1, 0.15) is 30.8 Å². The molecule has 0 aliphatic rings. The second-order valence-corrected chi connectivity index (χ2v) is 4.93. The van der Waals surface area contributed by atoms with Crippen LogP contribution in [0.4, 0.5) is 4.39 Å². The first kappa shape index (κ1) is 14.9. The Morgan fingerprint density at radius 3 is 2.90 bits per heavy atom. The lowest BCUT2D eigenvalue weighted by Crippen LogP contribution is -2.25. The molecule has 0 aliphatic heterocycles. The molecule has 0 bridgehead atoms. The first-order valence-electron chi connectivity index (χ1n) is 6.52. The minimum atomic E-state index is -0.417. The Kier molecular flexibility index (Phi) is 5.03. The second-order valence-electron chi connectivity index (χ2n) is 4.55. The van der Waals surface area contributed by atoms with Crippen molar-refractivity contribution in [3.05, 3.63) is 40.4 Å². The summed E-state index contributed by atoms with van der Waals surface area (Å²) in [4.78, 5) is 1.40. The molecule has 2 rings (SSSR count). The van der Waals surface area contributed by atoms with Crippen LogP contribution in [0.3, 0.4) is 0 Å². The second kappa shape index (κ2) is 6.76. The van der Waals surface area contributed by atoms with Crippen molar-refractivity contribution in [2.24, 2.45) is 7.05 Å². The molecular weight excluding hydrogens is 281 g/mol. The van der Waals surface area contributed by atoms with Crippen LogP contribution in [-0.4, -0.2) is 26.8 Å². The first-order valence-corrected chi connectivity index (χ1v) is 6.89. The Labute approximate surface area is 122 Å². The summed E-state index contributed by atoms with van der Waals surface area (Å²) < 4.78 is 13.6. The third-order valence-corrected chi connectivity index (χ3v) is 3.33. The molecule has 0 saturated carbocycles. The fourth-order valence-electron chi connectivity index (χ4n) is 1.99. The molecule has 0 radical (unpaired) electrons. The van der Waals surface area contributed by atoms with Crippen LogP contribution in [-0.2, 0) is 13.5 Å². The number of aromatic nitrogens is 4. The van der Waals surface area contributed by atoms with Gasteiger partial charge < -0.3 is 5.32 Å². The molecule has 7 heteroatoms. The van der Waals surface area contributed by atoms with Gasteiger partial charge in [0.25, 0.3) is 0 Å². The number of nitrogens with zero attached hydrogens (tertiary/aromatic N) is 4. The van der Waals surface area contributed by atoms with Gasteiger partial charge in [-0.2, -0.15) is 4.80 Å². The molecule has 1 N–H and O–H groups in total. The number of tetrazole rings is 1. The third kappa shape index (κ3) is 3.52. The molecule has 1 aromatic carbocycles. The monoisotopic (exact) mass is 297 g/mol. The maximum atomic E-state index is 13.6. The topological polar surface area (TPSA) is 55.6 Å². The zero-order valence-corrected chi connectivity index (χ0v) is 12.2. The molecule has 2 aromatic rings. The van der Waals surface area contributed by atoms with Gasteiger partial charge >= 0.3 is 0 Å². The Morgan fingerprint density at radius 2 is 2.25 bits per heavy atom. The highest BCUT2D eigenvalue weighted by atomic mass is 35.5. The zero-order chi connectivity index (χ0) is 14.5. The summed E-state index contributed by atoms with van der Waals surface area (Å²) in [6.45, 7) is 2.87. The summed E-state index contributed by atoms with van der Waals surface area (Å²) in [6, 6.07) is 4.68. The maximum Gasteiger partial charge on any atom is 0.176 e. The normalized spacial score (nSPS) is 12.6. The lowest BCUT2D eigenvalue weighted by Gasteiger charge is -2.18. The number of aryl methyl sites for hydroxylation is 1. The number of hydrogen-bond acceptors (Lipinski definition) is 4. The summed E-state index contributed by atoms with van der Waals surface area (Å²) in [5.41, 5.74) is 0.715. The minimum Gasteiger partial charge on any atom is -0.310 e. The van der Waals surface area contributed by atoms with Gasteiger partial charge in [-0.3, -0.25) is 0 Å². The fourth-order valence-corrected chi connectivity index (χ4v) is 2.25. The van der Waals surface area contributed by atoms with Crippen LogP contribution in [0.15, 0.2) is 18.2 Å². The van der Waals surface area contributed by atoms with Crippen molar-refractivity contribution >= 4 is 11.6 Å². The number of halogens is 2. The van der Waals surface area contributed by atoms with Crippen molar-refractivity contribution in [1.29, 1.82) is 0 Å². The molecule has 108 valence electrons. The quantitative estimate of drug-likeness (QED) is 0.889. The summed E-state index contributed by atoms with van der Waals surface area (Å²) in [5, 5.41) is 15.4. The smallest absolute Gasteiger partial charge is 0.176 e. The predicted molar refractivity (Wildman–Crippen MR) is 74.9 cm³/mol.